The highest BCUT2D eigenvalue weighted by atomic mass is 31.2. The van der Waals surface area contributed by atoms with E-state index in [1.54, 1.807) is 54.6 Å². The van der Waals surface area contributed by atoms with Gasteiger partial charge in [0.25, 0.3) is 5.95 Å². The number of phosphoric ester groups is 1. The summed E-state index contributed by atoms with van der Waals surface area (Å²) in [6.45, 7) is 0.516. The fraction of sp³-hybridized carbons (Fsp3) is 0.222. The van der Waals surface area contributed by atoms with Crippen LogP contribution >= 0.6 is 7.82 Å². The van der Waals surface area contributed by atoms with E-state index in [-0.39, 0.29) is 5.95 Å². The second kappa shape index (κ2) is 7.93. The molecule has 1 aliphatic heterocycles. The predicted molar refractivity (Wildman–Crippen MR) is 90.7 cm³/mol. The number of hydrogen-bond donors (Lipinski definition) is 0. The molecule has 0 aromatic heterocycles. The van der Waals surface area contributed by atoms with Crippen molar-refractivity contribution >= 4 is 7.82 Å². The average molecular weight is 346 g/mol. The number of ether oxygens (including phenoxy) is 1. The lowest BCUT2D eigenvalue weighted by molar-refractivity contribution is 0.0895. The molecule has 3 rings (SSSR count). The Morgan fingerprint density at radius 2 is 1.38 bits per heavy atom. The van der Waals surface area contributed by atoms with Crippen LogP contribution in [0.25, 0.3) is 0 Å². The van der Waals surface area contributed by atoms with Crippen LogP contribution in [0.4, 0.5) is 0 Å². The van der Waals surface area contributed by atoms with Gasteiger partial charge in [-0.15, -0.1) is 0 Å². The quantitative estimate of drug-likeness (QED) is 0.663. The van der Waals surface area contributed by atoms with Crippen LogP contribution in [0.3, 0.4) is 0 Å². The van der Waals surface area contributed by atoms with Gasteiger partial charge >= 0.3 is 7.82 Å². The molecule has 24 heavy (non-hydrogen) atoms. The molecule has 1 aliphatic rings. The molecule has 1 heterocycles. The smallest absolute Gasteiger partial charge is 0.465 e. The summed E-state index contributed by atoms with van der Waals surface area (Å²) in [5.74, 6) is 0.972. The molecule has 0 radical (unpaired) electrons. The lowest BCUT2D eigenvalue weighted by Crippen LogP contribution is -2.07. The van der Waals surface area contributed by atoms with Crippen LogP contribution in [0.15, 0.2) is 72.7 Å². The van der Waals surface area contributed by atoms with Gasteiger partial charge in [-0.25, -0.2) is 0 Å². The van der Waals surface area contributed by atoms with E-state index >= 15 is 0 Å². The molecule has 2 aromatic rings. The molecule has 0 atom stereocenters. The summed E-state index contributed by atoms with van der Waals surface area (Å²) in [5, 5.41) is 0. The predicted octanol–water partition coefficient (Wildman–Crippen LogP) is 5.31. The minimum atomic E-state index is -3.94. The topological polar surface area (TPSA) is 54.0 Å². The lowest BCUT2D eigenvalue weighted by Gasteiger charge is -2.20. The van der Waals surface area contributed by atoms with Crippen molar-refractivity contribution in [2.24, 2.45) is 0 Å². The second-order valence-electron chi connectivity index (χ2n) is 5.21. The Balaban J connectivity index is 1.82. The van der Waals surface area contributed by atoms with E-state index in [0.29, 0.717) is 18.1 Å². The van der Waals surface area contributed by atoms with Crippen LogP contribution in [0.2, 0.25) is 0 Å². The fourth-order valence-electron chi connectivity index (χ4n) is 2.15. The van der Waals surface area contributed by atoms with Crippen LogP contribution < -0.4 is 9.05 Å². The zero-order chi connectivity index (χ0) is 16.7. The highest BCUT2D eigenvalue weighted by Gasteiger charge is 2.34. The Bertz CT molecular complexity index is 669. The fourth-order valence-corrected chi connectivity index (χ4v) is 3.37. The Labute approximate surface area is 141 Å². The van der Waals surface area contributed by atoms with E-state index in [9.17, 15) is 4.57 Å². The van der Waals surface area contributed by atoms with Crippen molar-refractivity contribution in [3.8, 4) is 11.5 Å². The number of allylic oxidation sites excluding steroid dienone is 1. The maximum atomic E-state index is 13.1. The molecule has 5 nitrogen and oxygen atoms in total. The number of benzene rings is 2. The van der Waals surface area contributed by atoms with E-state index in [2.05, 4.69) is 0 Å². The van der Waals surface area contributed by atoms with Crippen molar-refractivity contribution < 1.29 is 22.9 Å². The van der Waals surface area contributed by atoms with E-state index in [1.807, 2.05) is 12.1 Å². The molecule has 0 saturated heterocycles. The normalized spacial score (nSPS) is 14.8. The van der Waals surface area contributed by atoms with Gasteiger partial charge in [0.2, 0.25) is 0 Å². The van der Waals surface area contributed by atoms with Crippen molar-refractivity contribution in [3.63, 3.8) is 0 Å². The van der Waals surface area contributed by atoms with Crippen molar-refractivity contribution in [2.75, 3.05) is 6.61 Å². The molecule has 126 valence electrons. The first kappa shape index (κ1) is 16.5. The van der Waals surface area contributed by atoms with Crippen LogP contribution in [0, 0.1) is 0 Å². The average Bonchev–Trinajstić information content (AvgIpc) is 2.85. The first-order valence-electron chi connectivity index (χ1n) is 7.85. The summed E-state index contributed by atoms with van der Waals surface area (Å²) in [4.78, 5) is 0. The molecular weight excluding hydrogens is 327 g/mol. The molecule has 0 fully saturated rings. The molecule has 0 spiro atoms. The molecule has 0 saturated carbocycles. The summed E-state index contributed by atoms with van der Waals surface area (Å²) >= 11 is 0. The Morgan fingerprint density at radius 1 is 0.792 bits per heavy atom. The Kier molecular flexibility index (Phi) is 5.44. The lowest BCUT2D eigenvalue weighted by atomic mass is 10.2. The van der Waals surface area contributed by atoms with Crippen LogP contribution in [-0.2, 0) is 13.8 Å². The van der Waals surface area contributed by atoms with E-state index < -0.39 is 7.82 Å². The largest absolute Gasteiger partial charge is 0.649 e. The standard InChI is InChI=1S/C18H19O5P/c19-24(21-16-10-4-1-5-11-16,22-17-12-6-2-7-13-17)23-18-14-8-3-9-15-20-18/h1-2,4-7,10-14H,3,8-9,15H2. The maximum Gasteiger partial charge on any atom is 0.649 e. The molecule has 0 N–H and O–H groups in total. The van der Waals surface area contributed by atoms with Gasteiger partial charge in [0, 0.05) is 0 Å². The van der Waals surface area contributed by atoms with Gasteiger partial charge in [0.1, 0.15) is 11.5 Å². The SMILES string of the molecule is O=P(OC1=CCCCCO1)(Oc1ccccc1)Oc1ccccc1. The molecule has 6 heteroatoms. The maximum absolute atomic E-state index is 13.1. The van der Waals surface area contributed by atoms with Crippen molar-refractivity contribution in [1.82, 2.24) is 0 Å². The van der Waals surface area contributed by atoms with E-state index in [4.69, 9.17) is 18.3 Å². The molecule has 0 aliphatic carbocycles. The number of para-hydroxylation sites is 2. The van der Waals surface area contributed by atoms with Crippen molar-refractivity contribution in [1.29, 1.82) is 0 Å². The Hall–Kier alpha value is -2.39. The molecular formula is C18H19O5P. The number of rotatable bonds is 6. The first-order valence-corrected chi connectivity index (χ1v) is 9.31. The molecule has 0 bridgehead atoms. The second-order valence-corrected chi connectivity index (χ2v) is 6.66. The van der Waals surface area contributed by atoms with Crippen molar-refractivity contribution in [2.45, 2.75) is 19.3 Å². The zero-order valence-electron chi connectivity index (χ0n) is 13.2. The van der Waals surface area contributed by atoms with Crippen LogP contribution in [0.5, 0.6) is 11.5 Å². The zero-order valence-corrected chi connectivity index (χ0v) is 14.1. The Morgan fingerprint density at radius 3 is 1.96 bits per heavy atom. The van der Waals surface area contributed by atoms with E-state index in [1.165, 1.54) is 0 Å². The highest BCUT2D eigenvalue weighted by molar-refractivity contribution is 7.49. The first-order chi connectivity index (χ1) is 11.7. The third-order valence-corrected chi connectivity index (χ3v) is 4.55. The van der Waals surface area contributed by atoms with Gasteiger partial charge in [0.15, 0.2) is 0 Å². The third-order valence-electron chi connectivity index (χ3n) is 3.28. The van der Waals surface area contributed by atoms with Crippen molar-refractivity contribution in [3.05, 3.63) is 72.7 Å². The minimum absolute atomic E-state index is 0.183. The summed E-state index contributed by atoms with van der Waals surface area (Å²) in [6, 6.07) is 17.6. The minimum Gasteiger partial charge on any atom is -0.465 e. The monoisotopic (exact) mass is 346 g/mol. The van der Waals surface area contributed by atoms with Gasteiger partial charge < -0.3 is 18.3 Å². The molecule has 0 unspecified atom stereocenters. The summed E-state index contributed by atoms with van der Waals surface area (Å²) in [5.41, 5.74) is 0. The van der Waals surface area contributed by atoms with Gasteiger partial charge in [-0.3, -0.25) is 0 Å². The summed E-state index contributed by atoms with van der Waals surface area (Å²) in [7, 11) is -3.94. The third kappa shape index (κ3) is 4.80. The summed E-state index contributed by atoms with van der Waals surface area (Å²) < 4.78 is 35.2. The van der Waals surface area contributed by atoms with Gasteiger partial charge in [0.05, 0.1) is 6.61 Å². The highest BCUT2D eigenvalue weighted by Crippen LogP contribution is 2.51. The van der Waals surface area contributed by atoms with Crippen LogP contribution in [0.1, 0.15) is 19.3 Å². The summed E-state index contributed by atoms with van der Waals surface area (Å²) in [6.07, 6.45) is 4.48. The van der Waals surface area contributed by atoms with Gasteiger partial charge in [-0.2, -0.15) is 4.57 Å². The van der Waals surface area contributed by atoms with Gasteiger partial charge in [-0.05, 0) is 49.6 Å². The van der Waals surface area contributed by atoms with Gasteiger partial charge in [-0.1, -0.05) is 36.4 Å². The molecule has 0 amide bonds. The van der Waals surface area contributed by atoms with Crippen LogP contribution in [-0.4, -0.2) is 6.61 Å². The number of hydrogen-bond acceptors (Lipinski definition) is 5. The molecule has 2 aromatic carbocycles. The number of phosphoric acid groups is 1. The van der Waals surface area contributed by atoms with E-state index in [0.717, 1.165) is 19.3 Å².